The molecular weight excluding hydrogens is 233 g/mol. The molecule has 2 atom stereocenters. The van der Waals surface area contributed by atoms with Crippen LogP contribution in [0.1, 0.15) is 36.9 Å². The summed E-state index contributed by atoms with van der Waals surface area (Å²) in [4.78, 5) is 3.77. The average molecular weight is 247 g/mol. The molecule has 4 nitrogen and oxygen atoms in total. The van der Waals surface area contributed by atoms with Gasteiger partial charge in [0.15, 0.2) is 11.5 Å². The Kier molecular flexibility index (Phi) is 2.58. The molecule has 2 N–H and O–H groups in total. The van der Waals surface area contributed by atoms with Crippen molar-refractivity contribution in [3.63, 3.8) is 0 Å². The lowest BCUT2D eigenvalue weighted by atomic mass is 9.82. The van der Waals surface area contributed by atoms with Gasteiger partial charge in [0.25, 0.3) is 0 Å². The number of pyridine rings is 1. The van der Waals surface area contributed by atoms with Crippen molar-refractivity contribution in [1.82, 2.24) is 10.3 Å². The first-order valence-corrected chi connectivity index (χ1v) is 6.15. The molecule has 5 heteroatoms. The lowest BCUT2D eigenvalue weighted by Crippen LogP contribution is -2.46. The first-order valence-electron chi connectivity index (χ1n) is 6.15. The Morgan fingerprint density at radius 1 is 1.44 bits per heavy atom. The molecule has 18 heavy (non-hydrogen) atoms. The predicted octanol–water partition coefficient (Wildman–Crippen LogP) is 1.19. The molecule has 2 aliphatic rings. The minimum atomic E-state index is -1.01. The maximum Gasteiger partial charge on any atom is 0.176 e. The van der Waals surface area contributed by atoms with Crippen LogP contribution < -0.4 is 5.32 Å². The summed E-state index contributed by atoms with van der Waals surface area (Å²) in [5, 5.41) is 22.8. The number of nitriles is 1. The Morgan fingerprint density at radius 3 is 2.67 bits per heavy atom. The van der Waals surface area contributed by atoms with Crippen molar-refractivity contribution in [2.75, 3.05) is 0 Å². The zero-order valence-corrected chi connectivity index (χ0v) is 9.86. The number of fused-ring (bicyclic) bond motifs is 2. The fraction of sp³-hybridized carbons (Fsp3) is 0.538. The summed E-state index contributed by atoms with van der Waals surface area (Å²) in [6.07, 6.45) is 4.69. The van der Waals surface area contributed by atoms with Crippen LogP contribution >= 0.6 is 0 Å². The normalized spacial score (nSPS) is 34.3. The van der Waals surface area contributed by atoms with Gasteiger partial charge in [-0.05, 0) is 31.7 Å². The van der Waals surface area contributed by atoms with E-state index in [1.807, 2.05) is 0 Å². The molecule has 0 spiro atoms. The molecule has 2 bridgehead atoms. The maximum atomic E-state index is 13.6. The summed E-state index contributed by atoms with van der Waals surface area (Å²) < 4.78 is 13.6. The first kappa shape index (κ1) is 11.6. The summed E-state index contributed by atoms with van der Waals surface area (Å²) in [5.74, 6) is -0.658. The van der Waals surface area contributed by atoms with Crippen molar-refractivity contribution in [3.05, 3.63) is 29.3 Å². The van der Waals surface area contributed by atoms with Crippen LogP contribution in [0.5, 0.6) is 0 Å². The van der Waals surface area contributed by atoms with E-state index in [4.69, 9.17) is 5.26 Å². The van der Waals surface area contributed by atoms with E-state index in [2.05, 4.69) is 10.3 Å². The Balaban J connectivity index is 1.94. The molecule has 1 aromatic rings. The molecule has 2 unspecified atom stereocenters. The van der Waals surface area contributed by atoms with Crippen LogP contribution in [0.4, 0.5) is 4.39 Å². The van der Waals surface area contributed by atoms with Crippen LogP contribution in [0.25, 0.3) is 0 Å². The molecule has 2 aliphatic heterocycles. The molecule has 0 aliphatic carbocycles. The fourth-order valence-corrected chi connectivity index (χ4v) is 3.13. The van der Waals surface area contributed by atoms with Gasteiger partial charge in [-0.2, -0.15) is 5.26 Å². The van der Waals surface area contributed by atoms with E-state index in [1.54, 1.807) is 6.07 Å². The van der Waals surface area contributed by atoms with Crippen molar-refractivity contribution < 1.29 is 9.50 Å². The highest BCUT2D eigenvalue weighted by molar-refractivity contribution is 5.29. The van der Waals surface area contributed by atoms with Crippen LogP contribution in [-0.2, 0) is 5.60 Å². The quantitative estimate of drug-likeness (QED) is 0.782. The first-order chi connectivity index (χ1) is 8.60. The van der Waals surface area contributed by atoms with E-state index in [9.17, 15) is 9.50 Å². The average Bonchev–Trinajstić information content (AvgIpc) is 2.69. The number of nitrogens with zero attached hydrogens (tertiary/aromatic N) is 2. The van der Waals surface area contributed by atoms with Gasteiger partial charge in [-0.15, -0.1) is 0 Å². The van der Waals surface area contributed by atoms with E-state index in [0.29, 0.717) is 30.5 Å². The van der Waals surface area contributed by atoms with Crippen LogP contribution in [-0.4, -0.2) is 22.2 Å². The Bertz CT molecular complexity index is 513. The van der Waals surface area contributed by atoms with Gasteiger partial charge >= 0.3 is 0 Å². The number of piperidine rings is 1. The van der Waals surface area contributed by atoms with E-state index in [0.717, 1.165) is 12.8 Å². The maximum absolute atomic E-state index is 13.6. The second-order valence-corrected chi connectivity index (χ2v) is 5.24. The molecule has 1 aromatic heterocycles. The predicted molar refractivity (Wildman–Crippen MR) is 62.0 cm³/mol. The SMILES string of the molecule is N#Cc1ncc(C2(O)CC3CCC(C2)N3)cc1F. The largest absolute Gasteiger partial charge is 0.385 e. The van der Waals surface area contributed by atoms with E-state index >= 15 is 0 Å². The second kappa shape index (κ2) is 4.01. The Labute approximate surface area is 104 Å². The number of halogens is 1. The van der Waals surface area contributed by atoms with Crippen molar-refractivity contribution in [1.29, 1.82) is 5.26 Å². The summed E-state index contributed by atoms with van der Waals surface area (Å²) in [6.45, 7) is 0. The number of rotatable bonds is 1. The highest BCUT2D eigenvalue weighted by Crippen LogP contribution is 2.40. The van der Waals surface area contributed by atoms with Crippen LogP contribution in [0.15, 0.2) is 12.3 Å². The molecular formula is C13H14FN3O. The lowest BCUT2D eigenvalue weighted by molar-refractivity contribution is -0.0120. The van der Waals surface area contributed by atoms with Gasteiger partial charge in [0, 0.05) is 23.8 Å². The van der Waals surface area contributed by atoms with Gasteiger partial charge in [0.2, 0.25) is 0 Å². The van der Waals surface area contributed by atoms with Gasteiger partial charge in [0.05, 0.1) is 5.60 Å². The minimum absolute atomic E-state index is 0.223. The number of hydrogen-bond donors (Lipinski definition) is 2. The molecule has 2 fully saturated rings. The third kappa shape index (κ3) is 1.78. The molecule has 3 rings (SSSR count). The standard InChI is InChI=1S/C13H14FN3O/c14-11-3-8(7-16-12(11)6-15)13(18)4-9-1-2-10(5-13)17-9/h3,7,9-10,17-18H,1-2,4-5H2. The zero-order valence-electron chi connectivity index (χ0n) is 9.86. The monoisotopic (exact) mass is 247 g/mol. The number of nitrogens with one attached hydrogen (secondary N) is 1. The summed E-state index contributed by atoms with van der Waals surface area (Å²) >= 11 is 0. The fourth-order valence-electron chi connectivity index (χ4n) is 3.13. The van der Waals surface area contributed by atoms with Crippen LogP contribution in [0.2, 0.25) is 0 Å². The number of aliphatic hydroxyl groups is 1. The van der Waals surface area contributed by atoms with Crippen molar-refractivity contribution in [3.8, 4) is 6.07 Å². The second-order valence-electron chi connectivity index (χ2n) is 5.24. The number of hydrogen-bond acceptors (Lipinski definition) is 4. The van der Waals surface area contributed by atoms with Gasteiger partial charge in [-0.1, -0.05) is 0 Å². The molecule has 2 saturated heterocycles. The minimum Gasteiger partial charge on any atom is -0.385 e. The van der Waals surface area contributed by atoms with Gasteiger partial charge in [0.1, 0.15) is 6.07 Å². The van der Waals surface area contributed by atoms with Gasteiger partial charge < -0.3 is 10.4 Å². The van der Waals surface area contributed by atoms with Crippen molar-refractivity contribution in [2.45, 2.75) is 43.4 Å². The van der Waals surface area contributed by atoms with E-state index in [1.165, 1.54) is 12.3 Å². The molecule has 94 valence electrons. The van der Waals surface area contributed by atoms with Gasteiger partial charge in [-0.25, -0.2) is 9.37 Å². The van der Waals surface area contributed by atoms with E-state index in [-0.39, 0.29) is 5.69 Å². The van der Waals surface area contributed by atoms with Crippen LogP contribution in [0, 0.1) is 17.1 Å². The van der Waals surface area contributed by atoms with Crippen molar-refractivity contribution >= 4 is 0 Å². The third-order valence-electron chi connectivity index (χ3n) is 3.99. The topological polar surface area (TPSA) is 68.9 Å². The highest BCUT2D eigenvalue weighted by atomic mass is 19.1. The lowest BCUT2D eigenvalue weighted by Gasteiger charge is -2.37. The summed E-state index contributed by atoms with van der Waals surface area (Å²) in [6, 6.07) is 3.53. The third-order valence-corrected chi connectivity index (χ3v) is 3.99. The zero-order chi connectivity index (χ0) is 12.8. The summed E-state index contributed by atoms with van der Waals surface area (Å²) in [5.41, 5.74) is -0.754. The molecule has 3 heterocycles. The number of aromatic nitrogens is 1. The highest BCUT2D eigenvalue weighted by Gasteiger charge is 2.43. The molecule has 0 amide bonds. The summed E-state index contributed by atoms with van der Waals surface area (Å²) in [7, 11) is 0. The van der Waals surface area contributed by atoms with E-state index < -0.39 is 11.4 Å². The van der Waals surface area contributed by atoms with Crippen LogP contribution in [0.3, 0.4) is 0 Å². The molecule has 0 saturated carbocycles. The molecule has 0 radical (unpaired) electrons. The smallest absolute Gasteiger partial charge is 0.176 e. The Hall–Kier alpha value is -1.51. The van der Waals surface area contributed by atoms with Crippen molar-refractivity contribution in [2.24, 2.45) is 0 Å². The van der Waals surface area contributed by atoms with Gasteiger partial charge in [-0.3, -0.25) is 0 Å². The molecule has 0 aromatic carbocycles. The Morgan fingerprint density at radius 2 is 2.11 bits per heavy atom.